The van der Waals surface area contributed by atoms with Crippen LogP contribution in [0.2, 0.25) is 10.0 Å². The first-order valence-electron chi connectivity index (χ1n) is 9.68. The molecule has 3 N–H and O–H groups in total. The number of nitrogens with one attached hydrogen (secondary N) is 2. The van der Waals surface area contributed by atoms with Gasteiger partial charge in [0.15, 0.2) is 0 Å². The highest BCUT2D eigenvalue weighted by Gasteiger charge is 2.34. The Morgan fingerprint density at radius 3 is 1.91 bits per heavy atom. The quantitative estimate of drug-likeness (QED) is 0.0887. The van der Waals surface area contributed by atoms with Gasteiger partial charge in [-0.2, -0.15) is 0 Å². The van der Waals surface area contributed by atoms with E-state index in [0.29, 0.717) is 37.3 Å². The number of aliphatic hydroxyl groups is 1. The third-order valence-electron chi connectivity index (χ3n) is 4.67. The Kier molecular flexibility index (Phi) is 10.2. The summed E-state index contributed by atoms with van der Waals surface area (Å²) in [5, 5.41) is 32.9. The van der Waals surface area contributed by atoms with Crippen LogP contribution >= 0.6 is 48.2 Å². The summed E-state index contributed by atoms with van der Waals surface area (Å²) in [6, 6.07) is 22.8. The van der Waals surface area contributed by atoms with Crippen molar-refractivity contribution in [3.05, 3.63) is 129 Å². The van der Waals surface area contributed by atoms with Crippen LogP contribution in [0, 0.1) is 10.6 Å². The lowest BCUT2D eigenvalue weighted by atomic mass is 9.81. The molecule has 2 aromatic heterocycles. The van der Waals surface area contributed by atoms with Crippen molar-refractivity contribution in [2.75, 3.05) is 5.32 Å². The van der Waals surface area contributed by atoms with Gasteiger partial charge in [0.2, 0.25) is 5.17 Å². The molecule has 0 aliphatic carbocycles. The summed E-state index contributed by atoms with van der Waals surface area (Å²) < 4.78 is 0.630. The Labute approximate surface area is 219 Å². The van der Waals surface area contributed by atoms with Crippen LogP contribution in [0.25, 0.3) is 0 Å². The zero-order valence-corrected chi connectivity index (χ0v) is 20.8. The van der Waals surface area contributed by atoms with Gasteiger partial charge in [0.05, 0.1) is 6.20 Å². The number of pyridine rings is 2. The van der Waals surface area contributed by atoms with E-state index < -0.39 is 5.60 Å². The highest BCUT2D eigenvalue weighted by molar-refractivity contribution is 7.97. The summed E-state index contributed by atoms with van der Waals surface area (Å²) in [5.74, 6) is 0.299. The molecule has 0 saturated carbocycles. The summed E-state index contributed by atoms with van der Waals surface area (Å²) in [6.07, 6.45) is 4.68. The standard InChI is InChI=1S/C18H13Cl2NO.C6H7N3OS.ClH/c19-16-7-3-13(4-8-16)18(22,15-2-1-11-21-12-15)14-5-9-17(20)10-6-14;7-6(11)8-5-3-1-2-4-9(5)10;/h1-12,22H;1-4H,(H3,7,8,11);1H. The van der Waals surface area contributed by atoms with Crippen LogP contribution in [0.15, 0.2) is 97.5 Å². The monoisotopic (exact) mass is 534 g/mol. The highest BCUT2D eigenvalue weighted by Crippen LogP contribution is 2.37. The van der Waals surface area contributed by atoms with E-state index in [2.05, 4.69) is 22.9 Å². The third kappa shape index (κ3) is 6.85. The van der Waals surface area contributed by atoms with Crippen molar-refractivity contribution in [2.45, 2.75) is 5.60 Å². The number of halogens is 3. The summed E-state index contributed by atoms with van der Waals surface area (Å²) in [7, 11) is 0. The molecule has 0 saturated heterocycles. The van der Waals surface area contributed by atoms with Crippen LogP contribution in [0.5, 0.6) is 0 Å². The van der Waals surface area contributed by atoms with Gasteiger partial charge in [-0.15, -0.1) is 12.4 Å². The Morgan fingerprint density at radius 1 is 0.912 bits per heavy atom. The summed E-state index contributed by atoms with van der Waals surface area (Å²) in [4.78, 5) is 4.12. The molecule has 2 heterocycles. The van der Waals surface area contributed by atoms with E-state index in [4.69, 9.17) is 28.6 Å². The van der Waals surface area contributed by atoms with Gasteiger partial charge in [-0.3, -0.25) is 10.4 Å². The second-order valence-corrected chi connectivity index (χ2v) is 8.17. The fraction of sp³-hybridized carbons (Fsp3) is 0.0417. The molecule has 0 bridgehead atoms. The predicted molar refractivity (Wildman–Crippen MR) is 142 cm³/mol. The van der Waals surface area contributed by atoms with Crippen molar-refractivity contribution < 1.29 is 9.84 Å². The van der Waals surface area contributed by atoms with Gasteiger partial charge in [0, 0.05) is 34.1 Å². The van der Waals surface area contributed by atoms with Gasteiger partial charge in [-0.1, -0.05) is 72.2 Å². The van der Waals surface area contributed by atoms with Crippen LogP contribution in [0.3, 0.4) is 0 Å². The molecule has 0 aliphatic rings. The largest absolute Gasteiger partial charge is 0.711 e. The molecule has 0 aliphatic heterocycles. The summed E-state index contributed by atoms with van der Waals surface area (Å²) in [6.45, 7) is 0. The molecular weight excluding hydrogens is 515 g/mol. The number of amidine groups is 1. The maximum Gasteiger partial charge on any atom is 0.284 e. The maximum absolute atomic E-state index is 11.5. The van der Waals surface area contributed by atoms with E-state index in [9.17, 15) is 10.3 Å². The van der Waals surface area contributed by atoms with Gasteiger partial charge < -0.3 is 10.3 Å². The molecule has 4 rings (SSSR count). The second-order valence-electron chi connectivity index (χ2n) is 6.85. The van der Waals surface area contributed by atoms with Crippen LogP contribution in [0.4, 0.5) is 5.82 Å². The average Bonchev–Trinajstić information content (AvgIpc) is 2.82. The van der Waals surface area contributed by atoms with E-state index in [1.165, 1.54) is 6.20 Å². The fourth-order valence-corrected chi connectivity index (χ4v) is 3.47. The van der Waals surface area contributed by atoms with E-state index in [1.807, 2.05) is 30.3 Å². The predicted octanol–water partition coefficient (Wildman–Crippen LogP) is 5.69. The van der Waals surface area contributed by atoms with Crippen molar-refractivity contribution in [1.82, 2.24) is 4.98 Å². The lowest BCUT2D eigenvalue weighted by Gasteiger charge is -2.29. The molecular formula is C24H21Cl3N4O2S. The Morgan fingerprint density at radius 2 is 1.47 bits per heavy atom. The average molecular weight is 536 g/mol. The van der Waals surface area contributed by atoms with Crippen molar-refractivity contribution in [2.24, 2.45) is 0 Å². The van der Waals surface area contributed by atoms with Crippen LogP contribution in [-0.4, -0.2) is 15.3 Å². The number of hydrogen-bond donors (Lipinski definition) is 4. The zero-order valence-electron chi connectivity index (χ0n) is 17.6. The minimum atomic E-state index is -1.32. The number of aromatic nitrogens is 2. The van der Waals surface area contributed by atoms with Gasteiger partial charge >= 0.3 is 0 Å². The molecule has 0 spiro atoms. The molecule has 0 unspecified atom stereocenters. The molecule has 2 aromatic carbocycles. The van der Waals surface area contributed by atoms with Crippen molar-refractivity contribution in [3.8, 4) is 0 Å². The number of nitrogens with zero attached hydrogens (tertiary/aromatic N) is 2. The Hall–Kier alpha value is -2.81. The minimum Gasteiger partial charge on any atom is -0.711 e. The van der Waals surface area contributed by atoms with Crippen LogP contribution < -0.4 is 10.0 Å². The van der Waals surface area contributed by atoms with Gasteiger partial charge in [0.25, 0.3) is 5.82 Å². The summed E-state index contributed by atoms with van der Waals surface area (Å²) in [5.41, 5.74) is 0.794. The number of rotatable bonds is 4. The van der Waals surface area contributed by atoms with E-state index in [1.54, 1.807) is 60.9 Å². The first-order valence-corrected chi connectivity index (χ1v) is 10.9. The van der Waals surface area contributed by atoms with Crippen molar-refractivity contribution >= 4 is 59.2 Å². The van der Waals surface area contributed by atoms with Crippen LogP contribution in [-0.2, 0) is 5.60 Å². The Bertz CT molecular complexity index is 1170. The lowest BCUT2D eigenvalue weighted by molar-refractivity contribution is -0.589. The first kappa shape index (κ1) is 27.4. The molecule has 0 amide bonds. The lowest BCUT2D eigenvalue weighted by Crippen LogP contribution is -2.30. The molecule has 10 heteroatoms. The zero-order chi connectivity index (χ0) is 23.8. The van der Waals surface area contributed by atoms with E-state index >= 15 is 0 Å². The highest BCUT2D eigenvalue weighted by atomic mass is 35.5. The normalized spacial score (nSPS) is 10.4. The second kappa shape index (κ2) is 12.6. The molecule has 0 atom stereocenters. The van der Waals surface area contributed by atoms with Gasteiger partial charge in [-0.25, -0.2) is 10.0 Å². The molecule has 34 heavy (non-hydrogen) atoms. The van der Waals surface area contributed by atoms with E-state index in [0.717, 1.165) is 0 Å². The van der Waals surface area contributed by atoms with Gasteiger partial charge in [-0.05, 0) is 47.5 Å². The maximum atomic E-state index is 11.5. The number of anilines is 1. The SMILES string of the molecule is Cl.N=C(S)Nc1cccc[n+]1[O-].OC(c1ccc(Cl)cc1)(c1ccc(Cl)cc1)c1cccnc1. The first-order chi connectivity index (χ1) is 15.8. The molecule has 6 nitrogen and oxygen atoms in total. The van der Waals surface area contributed by atoms with E-state index in [-0.39, 0.29) is 17.6 Å². The van der Waals surface area contributed by atoms with Gasteiger partial charge in [0.1, 0.15) is 5.60 Å². The third-order valence-corrected chi connectivity index (χ3v) is 5.29. The number of benzene rings is 2. The minimum absolute atomic E-state index is 0. The summed E-state index contributed by atoms with van der Waals surface area (Å²) >= 11 is 15.6. The van der Waals surface area contributed by atoms with Crippen molar-refractivity contribution in [1.29, 1.82) is 5.41 Å². The molecule has 176 valence electrons. The number of hydrogen-bond acceptors (Lipinski definition) is 4. The smallest absolute Gasteiger partial charge is 0.284 e. The molecule has 0 fully saturated rings. The topological polar surface area (TPSA) is 95.9 Å². The fourth-order valence-electron chi connectivity index (χ4n) is 3.11. The van der Waals surface area contributed by atoms with Crippen molar-refractivity contribution in [3.63, 3.8) is 0 Å². The van der Waals surface area contributed by atoms with Crippen LogP contribution in [0.1, 0.15) is 16.7 Å². The molecule has 0 radical (unpaired) electrons. The Balaban J connectivity index is 0.000000289. The molecule has 4 aromatic rings. The number of thiol groups is 1.